The Morgan fingerprint density at radius 2 is 2.39 bits per heavy atom. The summed E-state index contributed by atoms with van der Waals surface area (Å²) in [6.07, 6.45) is 0. The zero-order valence-electron chi connectivity index (χ0n) is 11.2. The molecule has 1 aliphatic heterocycles. The Morgan fingerprint density at radius 1 is 1.61 bits per heavy atom. The maximum atomic E-state index is 9.12. The van der Waals surface area contributed by atoms with Crippen molar-refractivity contribution in [3.63, 3.8) is 0 Å². The van der Waals surface area contributed by atoms with E-state index >= 15 is 0 Å². The molecule has 0 aliphatic carbocycles. The minimum Gasteiger partial charge on any atom is -0.313 e. The fourth-order valence-electron chi connectivity index (χ4n) is 2.00. The van der Waals surface area contributed by atoms with Gasteiger partial charge >= 0.3 is 0 Å². The summed E-state index contributed by atoms with van der Waals surface area (Å²) in [5, 5.41) is 15.7. The monoisotopic (exact) mass is 264 g/mol. The van der Waals surface area contributed by atoms with Crippen molar-refractivity contribution in [1.82, 2.24) is 15.2 Å². The van der Waals surface area contributed by atoms with Crippen LogP contribution in [0, 0.1) is 11.3 Å². The number of nitriles is 1. The van der Waals surface area contributed by atoms with E-state index < -0.39 is 0 Å². The molecule has 18 heavy (non-hydrogen) atoms. The summed E-state index contributed by atoms with van der Waals surface area (Å²) in [6.45, 7) is 9.95. The lowest BCUT2D eigenvalue weighted by molar-refractivity contribution is 0.187. The number of aromatic nitrogens is 1. The van der Waals surface area contributed by atoms with E-state index in [4.69, 9.17) is 10.2 Å². The van der Waals surface area contributed by atoms with E-state index in [0.717, 1.165) is 31.9 Å². The molecule has 98 valence electrons. The molecule has 0 amide bonds. The highest BCUT2D eigenvalue weighted by Crippen LogP contribution is 2.26. The second kappa shape index (κ2) is 5.35. The molecule has 0 radical (unpaired) electrons. The molecule has 1 saturated heterocycles. The summed E-state index contributed by atoms with van der Waals surface area (Å²) in [5.41, 5.74) is 1.20. The highest BCUT2D eigenvalue weighted by molar-refractivity contribution is 7.09. The molecule has 0 bridgehead atoms. The van der Waals surface area contributed by atoms with Crippen molar-refractivity contribution < 1.29 is 0 Å². The van der Waals surface area contributed by atoms with Gasteiger partial charge in [-0.3, -0.25) is 4.90 Å². The van der Waals surface area contributed by atoms with Gasteiger partial charge < -0.3 is 5.32 Å². The SMILES string of the molecule is CC(C)(C)c1nc(CN2CCNCC2C#N)cs1. The van der Waals surface area contributed by atoms with Gasteiger partial charge in [0.05, 0.1) is 16.8 Å². The van der Waals surface area contributed by atoms with E-state index in [1.165, 1.54) is 5.01 Å². The minimum atomic E-state index is -0.0291. The predicted octanol–water partition coefficient (Wildman–Crippen LogP) is 1.74. The third-order valence-electron chi connectivity index (χ3n) is 3.06. The summed E-state index contributed by atoms with van der Waals surface area (Å²) >= 11 is 1.72. The van der Waals surface area contributed by atoms with Gasteiger partial charge in [-0.15, -0.1) is 11.3 Å². The van der Waals surface area contributed by atoms with Crippen LogP contribution in [0.15, 0.2) is 5.38 Å². The summed E-state index contributed by atoms with van der Waals surface area (Å²) < 4.78 is 0. The first-order valence-electron chi connectivity index (χ1n) is 6.30. The Morgan fingerprint density at radius 3 is 3.00 bits per heavy atom. The van der Waals surface area contributed by atoms with Crippen molar-refractivity contribution in [1.29, 1.82) is 5.26 Å². The van der Waals surface area contributed by atoms with Gasteiger partial charge in [-0.2, -0.15) is 5.26 Å². The number of piperazine rings is 1. The quantitative estimate of drug-likeness (QED) is 0.884. The van der Waals surface area contributed by atoms with Crippen LogP contribution in [0.5, 0.6) is 0 Å². The van der Waals surface area contributed by atoms with Crippen molar-refractivity contribution in [2.45, 2.75) is 38.8 Å². The zero-order valence-corrected chi connectivity index (χ0v) is 12.0. The average molecular weight is 264 g/mol. The maximum absolute atomic E-state index is 9.12. The Labute approximate surface area is 113 Å². The molecule has 1 aromatic rings. The van der Waals surface area contributed by atoms with E-state index in [9.17, 15) is 0 Å². The standard InChI is InChI=1S/C13H20N4S/c1-13(2,3)12-16-10(9-18-12)8-17-5-4-15-7-11(17)6-14/h9,11,15H,4-5,7-8H2,1-3H3. The number of nitrogens with one attached hydrogen (secondary N) is 1. The molecule has 5 heteroatoms. The van der Waals surface area contributed by atoms with Crippen LogP contribution in [-0.2, 0) is 12.0 Å². The summed E-state index contributed by atoms with van der Waals surface area (Å²) in [7, 11) is 0. The second-order valence-corrected chi connectivity index (χ2v) is 6.57. The van der Waals surface area contributed by atoms with Gasteiger partial charge in [-0.1, -0.05) is 20.8 Å². The number of hydrogen-bond acceptors (Lipinski definition) is 5. The summed E-state index contributed by atoms with van der Waals surface area (Å²) in [6, 6.07) is 2.32. The highest BCUT2D eigenvalue weighted by atomic mass is 32.1. The van der Waals surface area contributed by atoms with Crippen LogP contribution < -0.4 is 5.32 Å². The van der Waals surface area contributed by atoms with Crippen LogP contribution in [0.25, 0.3) is 0 Å². The fraction of sp³-hybridized carbons (Fsp3) is 0.692. The molecule has 1 N–H and O–H groups in total. The van der Waals surface area contributed by atoms with Gasteiger partial charge in [0.15, 0.2) is 0 Å². The average Bonchev–Trinajstić information content (AvgIpc) is 2.78. The van der Waals surface area contributed by atoms with Gasteiger partial charge in [-0.25, -0.2) is 4.98 Å². The largest absolute Gasteiger partial charge is 0.313 e. The number of thiazole rings is 1. The predicted molar refractivity (Wildman–Crippen MR) is 73.5 cm³/mol. The molecule has 4 nitrogen and oxygen atoms in total. The second-order valence-electron chi connectivity index (χ2n) is 5.71. The van der Waals surface area contributed by atoms with Crippen LogP contribution in [0.3, 0.4) is 0 Å². The van der Waals surface area contributed by atoms with Crippen LogP contribution in [-0.4, -0.2) is 35.6 Å². The summed E-state index contributed by atoms with van der Waals surface area (Å²) in [4.78, 5) is 6.90. The van der Waals surface area contributed by atoms with Gasteiger partial charge in [0.1, 0.15) is 6.04 Å². The number of rotatable bonds is 2. The van der Waals surface area contributed by atoms with E-state index in [0.29, 0.717) is 0 Å². The Kier molecular flexibility index (Phi) is 4.00. The smallest absolute Gasteiger partial charge is 0.111 e. The van der Waals surface area contributed by atoms with Crippen molar-refractivity contribution in [2.75, 3.05) is 19.6 Å². The lowest BCUT2D eigenvalue weighted by atomic mass is 9.98. The molecule has 1 fully saturated rings. The molecule has 0 saturated carbocycles. The first-order chi connectivity index (χ1) is 8.50. The van der Waals surface area contributed by atoms with E-state index in [-0.39, 0.29) is 11.5 Å². The summed E-state index contributed by atoms with van der Waals surface area (Å²) in [5.74, 6) is 0. The van der Waals surface area contributed by atoms with Crippen LogP contribution >= 0.6 is 11.3 Å². The zero-order chi connectivity index (χ0) is 13.2. The fourth-order valence-corrected chi connectivity index (χ4v) is 2.89. The third-order valence-corrected chi connectivity index (χ3v) is 4.38. The van der Waals surface area contributed by atoms with Gasteiger partial charge in [0, 0.05) is 37.0 Å². The van der Waals surface area contributed by atoms with E-state index in [1.54, 1.807) is 11.3 Å². The molecule has 2 rings (SSSR count). The normalized spacial score (nSPS) is 21.8. The molecule has 1 aliphatic rings. The van der Waals surface area contributed by atoms with Crippen molar-refractivity contribution in [3.8, 4) is 6.07 Å². The molecular formula is C13H20N4S. The molecule has 1 aromatic heterocycles. The first kappa shape index (κ1) is 13.5. The number of nitrogens with zero attached hydrogens (tertiary/aromatic N) is 3. The van der Waals surface area contributed by atoms with Crippen LogP contribution in [0.1, 0.15) is 31.5 Å². The molecule has 1 unspecified atom stereocenters. The Bertz CT molecular complexity index is 441. The van der Waals surface area contributed by atoms with E-state index in [2.05, 4.69) is 42.4 Å². The van der Waals surface area contributed by atoms with Crippen molar-refractivity contribution >= 4 is 11.3 Å². The third kappa shape index (κ3) is 3.08. The van der Waals surface area contributed by atoms with Gasteiger partial charge in [0.2, 0.25) is 0 Å². The van der Waals surface area contributed by atoms with Crippen LogP contribution in [0.4, 0.5) is 0 Å². The van der Waals surface area contributed by atoms with Crippen molar-refractivity contribution in [3.05, 3.63) is 16.1 Å². The topological polar surface area (TPSA) is 52.0 Å². The Hall–Kier alpha value is -0.960. The van der Waals surface area contributed by atoms with Crippen LogP contribution in [0.2, 0.25) is 0 Å². The van der Waals surface area contributed by atoms with Gasteiger partial charge in [0.25, 0.3) is 0 Å². The van der Waals surface area contributed by atoms with Crippen molar-refractivity contribution in [2.24, 2.45) is 0 Å². The maximum Gasteiger partial charge on any atom is 0.111 e. The molecule has 0 aromatic carbocycles. The molecule has 0 spiro atoms. The minimum absolute atomic E-state index is 0.0291. The number of hydrogen-bond donors (Lipinski definition) is 1. The van der Waals surface area contributed by atoms with Gasteiger partial charge in [-0.05, 0) is 0 Å². The lowest BCUT2D eigenvalue weighted by Crippen LogP contribution is -2.50. The molecule has 2 heterocycles. The van der Waals surface area contributed by atoms with E-state index in [1.807, 2.05) is 0 Å². The Balaban J connectivity index is 2.05. The lowest BCUT2D eigenvalue weighted by Gasteiger charge is -2.31. The molecule has 1 atom stereocenters. The first-order valence-corrected chi connectivity index (χ1v) is 7.18. The highest BCUT2D eigenvalue weighted by Gasteiger charge is 2.24. The molecular weight excluding hydrogens is 244 g/mol.